The van der Waals surface area contributed by atoms with Crippen LogP contribution in [0.5, 0.6) is 0 Å². The van der Waals surface area contributed by atoms with Crippen molar-refractivity contribution in [3.8, 4) is 0 Å². The van der Waals surface area contributed by atoms with Crippen LogP contribution in [0.25, 0.3) is 0 Å². The highest BCUT2D eigenvalue weighted by atomic mass is 32.1. The Morgan fingerprint density at radius 2 is 1.91 bits per heavy atom. The molecule has 1 aliphatic rings. The average Bonchev–Trinajstić information content (AvgIpc) is 3.46. The van der Waals surface area contributed by atoms with E-state index in [0.717, 1.165) is 46.8 Å². The summed E-state index contributed by atoms with van der Waals surface area (Å²) >= 11 is 1.36. The molecule has 1 saturated heterocycles. The van der Waals surface area contributed by atoms with Gasteiger partial charge in [0.25, 0.3) is 5.91 Å². The molecule has 7 heteroatoms. The lowest BCUT2D eigenvalue weighted by Crippen LogP contribution is -2.46. The normalized spacial score (nSPS) is 16.3. The highest BCUT2D eigenvalue weighted by molar-refractivity contribution is 7.13. The molecule has 6 nitrogen and oxygen atoms in total. The number of carbonyl (C=O) groups is 2. The topological polar surface area (TPSA) is 71.5 Å². The third kappa shape index (κ3) is 5.21. The lowest BCUT2D eigenvalue weighted by Gasteiger charge is -2.33. The first-order valence-electron chi connectivity index (χ1n) is 11.6. The summed E-state index contributed by atoms with van der Waals surface area (Å²) in [5, 5.41) is 3.88. The van der Waals surface area contributed by atoms with Crippen molar-refractivity contribution in [3.63, 3.8) is 0 Å². The SMILES string of the molecule is Cc1ccc(C)c(N(C(=O)c2sc(C)nc2C)[C@@H](C(=O)NC[C@@H]2CCCO2)c2ccccc2)c1. The summed E-state index contributed by atoms with van der Waals surface area (Å²) in [4.78, 5) is 34.5. The van der Waals surface area contributed by atoms with Gasteiger partial charge in [0, 0.05) is 18.8 Å². The van der Waals surface area contributed by atoms with Gasteiger partial charge in [-0.2, -0.15) is 0 Å². The Balaban J connectivity index is 1.81. The van der Waals surface area contributed by atoms with E-state index in [2.05, 4.69) is 10.3 Å². The fourth-order valence-electron chi connectivity index (χ4n) is 4.35. The minimum absolute atomic E-state index is 0.0108. The zero-order chi connectivity index (χ0) is 24.2. The average molecular weight is 478 g/mol. The molecule has 2 amide bonds. The number of thiazole rings is 1. The third-order valence-electron chi connectivity index (χ3n) is 6.09. The van der Waals surface area contributed by atoms with E-state index in [-0.39, 0.29) is 17.9 Å². The first-order valence-corrected chi connectivity index (χ1v) is 12.5. The van der Waals surface area contributed by atoms with Crippen molar-refractivity contribution in [1.82, 2.24) is 10.3 Å². The van der Waals surface area contributed by atoms with Crippen LogP contribution in [-0.4, -0.2) is 36.1 Å². The molecule has 0 saturated carbocycles. The minimum Gasteiger partial charge on any atom is -0.376 e. The van der Waals surface area contributed by atoms with E-state index in [1.54, 1.807) is 4.90 Å². The van der Waals surface area contributed by atoms with Crippen molar-refractivity contribution < 1.29 is 14.3 Å². The maximum Gasteiger partial charge on any atom is 0.271 e. The Kier molecular flexibility index (Phi) is 7.44. The number of rotatable bonds is 7. The molecule has 34 heavy (non-hydrogen) atoms. The predicted molar refractivity (Wildman–Crippen MR) is 135 cm³/mol. The first-order chi connectivity index (χ1) is 16.3. The highest BCUT2D eigenvalue weighted by Gasteiger charge is 2.36. The van der Waals surface area contributed by atoms with Crippen molar-refractivity contribution in [2.45, 2.75) is 52.7 Å². The summed E-state index contributed by atoms with van der Waals surface area (Å²) in [6.45, 7) is 8.83. The molecular formula is C27H31N3O3S. The third-order valence-corrected chi connectivity index (χ3v) is 7.15. The van der Waals surface area contributed by atoms with Crippen LogP contribution in [0.2, 0.25) is 0 Å². The van der Waals surface area contributed by atoms with Gasteiger partial charge < -0.3 is 10.1 Å². The fourth-order valence-corrected chi connectivity index (χ4v) is 5.21. The molecule has 3 aromatic rings. The zero-order valence-corrected chi connectivity index (χ0v) is 20.9. The fraction of sp³-hybridized carbons (Fsp3) is 0.370. The van der Waals surface area contributed by atoms with Gasteiger partial charge in [0.15, 0.2) is 0 Å². The second-order valence-corrected chi connectivity index (χ2v) is 10.0. The molecular weight excluding hydrogens is 446 g/mol. The molecule has 0 bridgehead atoms. The zero-order valence-electron chi connectivity index (χ0n) is 20.1. The van der Waals surface area contributed by atoms with Crippen LogP contribution in [0.3, 0.4) is 0 Å². The second-order valence-electron chi connectivity index (χ2n) is 8.81. The Bertz CT molecular complexity index is 1170. The monoisotopic (exact) mass is 477 g/mol. The Hall–Kier alpha value is -3.03. The van der Waals surface area contributed by atoms with Crippen LogP contribution in [0.15, 0.2) is 48.5 Å². The van der Waals surface area contributed by atoms with E-state index in [9.17, 15) is 9.59 Å². The molecule has 178 valence electrons. The molecule has 1 aromatic heterocycles. The van der Waals surface area contributed by atoms with E-state index >= 15 is 0 Å². The summed E-state index contributed by atoms with van der Waals surface area (Å²) in [6, 6.07) is 14.6. The smallest absolute Gasteiger partial charge is 0.271 e. The number of anilines is 1. The maximum absolute atomic E-state index is 14.1. The molecule has 2 atom stereocenters. The summed E-state index contributed by atoms with van der Waals surface area (Å²) in [6.07, 6.45) is 1.94. The number of amides is 2. The molecule has 2 aromatic carbocycles. The molecule has 0 unspecified atom stereocenters. The van der Waals surface area contributed by atoms with Crippen LogP contribution in [0.4, 0.5) is 5.69 Å². The Labute approximate surface area is 205 Å². The maximum atomic E-state index is 14.1. The van der Waals surface area contributed by atoms with Crippen molar-refractivity contribution in [1.29, 1.82) is 0 Å². The van der Waals surface area contributed by atoms with Gasteiger partial charge >= 0.3 is 0 Å². The number of aryl methyl sites for hydroxylation is 4. The largest absolute Gasteiger partial charge is 0.376 e. The number of nitrogens with zero attached hydrogens (tertiary/aromatic N) is 2. The summed E-state index contributed by atoms with van der Waals surface area (Å²) < 4.78 is 5.70. The lowest BCUT2D eigenvalue weighted by atomic mass is 10.0. The molecule has 0 radical (unpaired) electrons. The minimum atomic E-state index is -0.836. The van der Waals surface area contributed by atoms with Gasteiger partial charge in [-0.1, -0.05) is 42.5 Å². The van der Waals surface area contributed by atoms with Crippen molar-refractivity contribution in [2.75, 3.05) is 18.1 Å². The van der Waals surface area contributed by atoms with E-state index in [4.69, 9.17) is 4.74 Å². The molecule has 1 aliphatic heterocycles. The number of hydrogen-bond acceptors (Lipinski definition) is 5. The number of hydrogen-bond donors (Lipinski definition) is 1. The molecule has 0 aliphatic carbocycles. The quantitative estimate of drug-likeness (QED) is 0.516. The van der Waals surface area contributed by atoms with Gasteiger partial charge in [-0.05, 0) is 63.3 Å². The van der Waals surface area contributed by atoms with Crippen LogP contribution >= 0.6 is 11.3 Å². The summed E-state index contributed by atoms with van der Waals surface area (Å²) in [5.41, 5.74) is 4.08. The van der Waals surface area contributed by atoms with Gasteiger partial charge in [-0.15, -0.1) is 11.3 Å². The van der Waals surface area contributed by atoms with E-state index < -0.39 is 6.04 Å². The van der Waals surface area contributed by atoms with Crippen LogP contribution < -0.4 is 10.2 Å². The number of ether oxygens (including phenoxy) is 1. The lowest BCUT2D eigenvalue weighted by molar-refractivity contribution is -0.123. The van der Waals surface area contributed by atoms with Crippen molar-refractivity contribution >= 4 is 28.8 Å². The Morgan fingerprint density at radius 1 is 1.15 bits per heavy atom. The molecule has 4 rings (SSSR count). The van der Waals surface area contributed by atoms with Crippen molar-refractivity contribution in [2.24, 2.45) is 0 Å². The van der Waals surface area contributed by atoms with Gasteiger partial charge in [0.2, 0.25) is 5.91 Å². The highest BCUT2D eigenvalue weighted by Crippen LogP contribution is 2.34. The van der Waals surface area contributed by atoms with Crippen LogP contribution in [0.1, 0.15) is 55.9 Å². The van der Waals surface area contributed by atoms with Gasteiger partial charge in [-0.25, -0.2) is 4.98 Å². The number of aromatic nitrogens is 1. The summed E-state index contributed by atoms with van der Waals surface area (Å²) in [7, 11) is 0. The van der Waals surface area contributed by atoms with Gasteiger partial charge in [-0.3, -0.25) is 14.5 Å². The number of carbonyl (C=O) groups excluding carboxylic acids is 2. The standard InChI is InChI=1S/C27H31N3O3S/c1-17-12-13-18(2)23(15-17)30(27(32)25-19(3)29-20(4)34-25)24(21-9-6-5-7-10-21)26(31)28-16-22-11-8-14-33-22/h5-7,9-10,12-13,15,22,24H,8,11,14,16H2,1-4H3,(H,28,31)/t22-,24+/m0/s1. The second kappa shape index (κ2) is 10.5. The van der Waals surface area contributed by atoms with E-state index in [0.29, 0.717) is 17.1 Å². The Morgan fingerprint density at radius 3 is 2.56 bits per heavy atom. The molecule has 1 N–H and O–H groups in total. The number of nitrogens with one attached hydrogen (secondary N) is 1. The van der Waals surface area contributed by atoms with E-state index in [1.165, 1.54) is 11.3 Å². The van der Waals surface area contributed by atoms with Crippen LogP contribution in [-0.2, 0) is 9.53 Å². The van der Waals surface area contributed by atoms with Crippen LogP contribution in [0, 0.1) is 27.7 Å². The molecule has 0 spiro atoms. The molecule has 1 fully saturated rings. The predicted octanol–water partition coefficient (Wildman–Crippen LogP) is 5.06. The first kappa shape index (κ1) is 24.1. The molecule has 2 heterocycles. The van der Waals surface area contributed by atoms with E-state index in [1.807, 2.05) is 76.2 Å². The van der Waals surface area contributed by atoms with Gasteiger partial charge in [0.1, 0.15) is 10.9 Å². The van der Waals surface area contributed by atoms with Crippen molar-refractivity contribution in [3.05, 3.63) is 80.8 Å². The summed E-state index contributed by atoms with van der Waals surface area (Å²) in [5.74, 6) is -0.451. The van der Waals surface area contributed by atoms with Gasteiger partial charge in [0.05, 0.1) is 16.8 Å². The number of benzene rings is 2.